The zero-order chi connectivity index (χ0) is 16.7. The Morgan fingerprint density at radius 2 is 2.17 bits per heavy atom. The van der Waals surface area contributed by atoms with Gasteiger partial charge in [0.2, 0.25) is 5.91 Å². The Balaban J connectivity index is 1.81. The van der Waals surface area contributed by atoms with Crippen molar-refractivity contribution in [2.24, 2.45) is 11.7 Å². The van der Waals surface area contributed by atoms with E-state index >= 15 is 0 Å². The molecule has 1 heterocycles. The number of piperidine rings is 1. The van der Waals surface area contributed by atoms with Gasteiger partial charge in [-0.2, -0.15) is 0 Å². The number of nitrogens with one attached hydrogen (secondary N) is 1. The summed E-state index contributed by atoms with van der Waals surface area (Å²) < 4.78 is 11.0. The number of nitrogens with two attached hydrogens (primary N) is 1. The fourth-order valence-corrected chi connectivity index (χ4v) is 2.61. The highest BCUT2D eigenvalue weighted by Crippen LogP contribution is 2.22. The minimum absolute atomic E-state index is 0.0568. The Morgan fingerprint density at radius 1 is 1.39 bits per heavy atom. The van der Waals surface area contributed by atoms with Crippen LogP contribution in [0, 0.1) is 5.92 Å². The summed E-state index contributed by atoms with van der Waals surface area (Å²) in [4.78, 5) is 24.4. The average molecular weight is 321 g/mol. The van der Waals surface area contributed by atoms with Crippen LogP contribution in [0.15, 0.2) is 24.3 Å². The van der Waals surface area contributed by atoms with Gasteiger partial charge in [0, 0.05) is 25.1 Å². The third-order valence-corrected chi connectivity index (χ3v) is 3.81. The summed E-state index contributed by atoms with van der Waals surface area (Å²) in [6.45, 7) is 1.82. The van der Waals surface area contributed by atoms with E-state index in [1.807, 2.05) is 24.3 Å². The van der Waals surface area contributed by atoms with E-state index in [4.69, 9.17) is 15.2 Å². The van der Waals surface area contributed by atoms with Gasteiger partial charge in [0.25, 0.3) is 0 Å². The number of hydrogen-bond donors (Lipinski definition) is 2. The number of benzene rings is 1. The maximum Gasteiger partial charge on any atom is 0.312 e. The fraction of sp³-hybridized carbons (Fsp3) is 0.500. The highest BCUT2D eigenvalue weighted by Gasteiger charge is 2.24. The van der Waals surface area contributed by atoms with Crippen LogP contribution in [0.3, 0.4) is 0 Å². The van der Waals surface area contributed by atoms with Crippen LogP contribution in [0.5, 0.6) is 11.5 Å². The molecule has 7 nitrogen and oxygen atoms in total. The molecular formula is C16H23N3O4. The normalized spacial score (nSPS) is 17.4. The number of carbonyl (C=O) groups is 2. The van der Waals surface area contributed by atoms with Crippen molar-refractivity contribution in [2.45, 2.75) is 12.8 Å². The average Bonchev–Trinajstić information content (AvgIpc) is 2.58. The number of likely N-dealkylation sites (tertiary alicyclic amines) is 1. The predicted molar refractivity (Wildman–Crippen MR) is 85.4 cm³/mol. The first kappa shape index (κ1) is 16.9. The quantitative estimate of drug-likeness (QED) is 0.817. The zero-order valence-corrected chi connectivity index (χ0v) is 13.3. The molecular weight excluding hydrogens is 298 g/mol. The monoisotopic (exact) mass is 321 g/mol. The molecule has 0 aliphatic carbocycles. The molecule has 0 bridgehead atoms. The summed E-state index contributed by atoms with van der Waals surface area (Å²) in [5.41, 5.74) is 4.98. The van der Waals surface area contributed by atoms with Crippen molar-refractivity contribution in [2.75, 3.05) is 33.4 Å². The maximum atomic E-state index is 12.0. The summed E-state index contributed by atoms with van der Waals surface area (Å²) in [6.07, 6.45) is 1.94. The molecule has 0 aromatic heterocycles. The Bertz CT molecular complexity index is 550. The van der Waals surface area contributed by atoms with Gasteiger partial charge in [-0.3, -0.25) is 4.79 Å². The van der Waals surface area contributed by atoms with Crippen molar-refractivity contribution in [3.05, 3.63) is 24.3 Å². The van der Waals surface area contributed by atoms with E-state index in [2.05, 4.69) is 5.32 Å². The lowest BCUT2D eigenvalue weighted by molar-refractivity contribution is -0.132. The maximum absolute atomic E-state index is 12.0. The number of carbonyl (C=O) groups excluding carboxylic acids is 2. The van der Waals surface area contributed by atoms with Gasteiger partial charge in [0.15, 0.2) is 0 Å². The number of urea groups is 1. The number of primary amides is 1. The lowest BCUT2D eigenvalue weighted by Crippen LogP contribution is -2.46. The van der Waals surface area contributed by atoms with Gasteiger partial charge < -0.3 is 25.4 Å². The highest BCUT2D eigenvalue weighted by molar-refractivity contribution is 5.83. The van der Waals surface area contributed by atoms with Gasteiger partial charge in [-0.15, -0.1) is 0 Å². The molecule has 1 atom stereocenters. The van der Waals surface area contributed by atoms with Gasteiger partial charge >= 0.3 is 6.03 Å². The number of rotatable bonds is 6. The standard InChI is InChI=1S/C16H23N3O4/c1-22-13-5-2-6-14(8-13)23-11-12-4-3-7-19(10-12)15(20)9-18-16(17)21/h2,5-6,8,12H,3-4,7,9-11H2,1H3,(H3,17,18,21)/t12-/m0/s1. The van der Waals surface area contributed by atoms with Gasteiger partial charge in [0.05, 0.1) is 20.3 Å². The molecule has 1 aliphatic heterocycles. The Kier molecular flexibility index (Phi) is 6.08. The van der Waals surface area contributed by atoms with Crippen LogP contribution in [-0.2, 0) is 4.79 Å². The van der Waals surface area contributed by atoms with Crippen molar-refractivity contribution in [3.8, 4) is 11.5 Å². The Hall–Kier alpha value is -2.44. The fourth-order valence-electron chi connectivity index (χ4n) is 2.61. The summed E-state index contributed by atoms with van der Waals surface area (Å²) in [5.74, 6) is 1.66. The molecule has 7 heteroatoms. The zero-order valence-electron chi connectivity index (χ0n) is 13.3. The number of nitrogens with zero attached hydrogens (tertiary/aromatic N) is 1. The minimum Gasteiger partial charge on any atom is -0.497 e. The molecule has 126 valence electrons. The first-order valence-electron chi connectivity index (χ1n) is 7.66. The number of ether oxygens (including phenoxy) is 2. The van der Waals surface area contributed by atoms with Crippen LogP contribution in [0.25, 0.3) is 0 Å². The molecule has 23 heavy (non-hydrogen) atoms. The van der Waals surface area contributed by atoms with Crippen LogP contribution >= 0.6 is 0 Å². The second kappa shape index (κ2) is 8.26. The third-order valence-electron chi connectivity index (χ3n) is 3.81. The molecule has 1 aliphatic rings. The van der Waals surface area contributed by atoms with E-state index in [0.29, 0.717) is 19.7 Å². The summed E-state index contributed by atoms with van der Waals surface area (Å²) in [6, 6.07) is 6.77. The van der Waals surface area contributed by atoms with Crippen molar-refractivity contribution >= 4 is 11.9 Å². The largest absolute Gasteiger partial charge is 0.497 e. The van der Waals surface area contributed by atoms with E-state index in [0.717, 1.165) is 24.3 Å². The first-order valence-corrected chi connectivity index (χ1v) is 7.66. The van der Waals surface area contributed by atoms with Crippen LogP contribution in [0.4, 0.5) is 4.79 Å². The molecule has 0 saturated carbocycles. The van der Waals surface area contributed by atoms with Gasteiger partial charge in [0.1, 0.15) is 11.5 Å². The molecule has 0 spiro atoms. The molecule has 0 unspecified atom stereocenters. The number of hydrogen-bond acceptors (Lipinski definition) is 4. The topological polar surface area (TPSA) is 93.9 Å². The van der Waals surface area contributed by atoms with Crippen molar-refractivity contribution in [3.63, 3.8) is 0 Å². The molecule has 0 radical (unpaired) electrons. The second-order valence-electron chi connectivity index (χ2n) is 5.56. The van der Waals surface area contributed by atoms with Crippen LogP contribution in [0.1, 0.15) is 12.8 Å². The molecule has 1 aromatic rings. The Labute approximate surface area is 135 Å². The first-order chi connectivity index (χ1) is 11.1. The summed E-state index contributed by atoms with van der Waals surface area (Å²) >= 11 is 0. The molecule has 3 amide bonds. The number of amides is 3. The van der Waals surface area contributed by atoms with Gasteiger partial charge in [-0.1, -0.05) is 6.07 Å². The van der Waals surface area contributed by atoms with Gasteiger partial charge in [-0.05, 0) is 25.0 Å². The smallest absolute Gasteiger partial charge is 0.312 e. The summed E-state index contributed by atoms with van der Waals surface area (Å²) in [7, 11) is 1.61. The van der Waals surface area contributed by atoms with E-state index < -0.39 is 6.03 Å². The predicted octanol–water partition coefficient (Wildman–Crippen LogP) is 0.981. The van der Waals surface area contributed by atoms with E-state index in [-0.39, 0.29) is 18.4 Å². The highest BCUT2D eigenvalue weighted by atomic mass is 16.5. The third kappa shape index (κ3) is 5.36. The molecule has 1 fully saturated rings. The van der Waals surface area contributed by atoms with Crippen LogP contribution in [-0.4, -0.2) is 50.2 Å². The number of methoxy groups -OCH3 is 1. The molecule has 1 aromatic carbocycles. The van der Waals surface area contributed by atoms with E-state index in [1.54, 1.807) is 12.0 Å². The minimum atomic E-state index is -0.687. The lowest BCUT2D eigenvalue weighted by atomic mass is 9.99. The lowest BCUT2D eigenvalue weighted by Gasteiger charge is -2.32. The van der Waals surface area contributed by atoms with Crippen molar-refractivity contribution in [1.29, 1.82) is 0 Å². The van der Waals surface area contributed by atoms with Gasteiger partial charge in [-0.25, -0.2) is 4.79 Å². The van der Waals surface area contributed by atoms with E-state index in [1.165, 1.54) is 0 Å². The SMILES string of the molecule is COc1cccc(OC[C@H]2CCCN(C(=O)CNC(N)=O)C2)c1. The second-order valence-corrected chi connectivity index (χ2v) is 5.56. The van der Waals surface area contributed by atoms with Crippen molar-refractivity contribution in [1.82, 2.24) is 10.2 Å². The van der Waals surface area contributed by atoms with E-state index in [9.17, 15) is 9.59 Å². The van der Waals surface area contributed by atoms with Crippen LogP contribution in [0.2, 0.25) is 0 Å². The van der Waals surface area contributed by atoms with Crippen LogP contribution < -0.4 is 20.5 Å². The molecule has 2 rings (SSSR count). The van der Waals surface area contributed by atoms with Crippen molar-refractivity contribution < 1.29 is 19.1 Å². The summed E-state index contributed by atoms with van der Waals surface area (Å²) in [5, 5.41) is 2.33. The Morgan fingerprint density at radius 3 is 2.91 bits per heavy atom. The molecule has 3 N–H and O–H groups in total. The molecule has 1 saturated heterocycles.